The number of nitrogens with one attached hydrogen (secondary N) is 3. The van der Waals surface area contributed by atoms with Gasteiger partial charge in [-0.05, 0) is 49.2 Å². The van der Waals surface area contributed by atoms with Crippen LogP contribution in [-0.4, -0.2) is 18.5 Å². The summed E-state index contributed by atoms with van der Waals surface area (Å²) in [6.45, 7) is 1.58. The zero-order chi connectivity index (χ0) is 17.1. The number of hydrogen-bond donors (Lipinski definition) is 4. The third-order valence-corrected chi connectivity index (χ3v) is 5.13. The number of urea groups is 1. The molecule has 2 aromatic rings. The van der Waals surface area contributed by atoms with Crippen LogP contribution in [0.15, 0.2) is 24.3 Å². The molecule has 24 heavy (non-hydrogen) atoms. The second-order valence-electron chi connectivity index (χ2n) is 5.44. The van der Waals surface area contributed by atoms with Gasteiger partial charge in [0.25, 0.3) is 5.91 Å². The van der Waals surface area contributed by atoms with Gasteiger partial charge in [0.05, 0.1) is 5.56 Å². The molecule has 0 saturated carbocycles. The van der Waals surface area contributed by atoms with E-state index < -0.39 is 11.9 Å². The Kier molecular flexibility index (Phi) is 5.03. The maximum Gasteiger partial charge on any atom is 0.324 e. The predicted octanol–water partition coefficient (Wildman–Crippen LogP) is 3.18. The number of fused-ring (bicyclic) bond motifs is 1. The molecule has 0 aliphatic carbocycles. The lowest BCUT2D eigenvalue weighted by molar-refractivity contribution is 0.100. The molecule has 1 aromatic carbocycles. The first-order valence-electron chi connectivity index (χ1n) is 7.53. The van der Waals surface area contributed by atoms with Crippen LogP contribution in [-0.2, 0) is 13.0 Å². The van der Waals surface area contributed by atoms with Gasteiger partial charge in [-0.15, -0.1) is 11.3 Å². The Balaban J connectivity index is 1.80. The Morgan fingerprint density at radius 2 is 1.96 bits per heavy atom. The molecule has 5 N–H and O–H groups in total. The Labute approximate surface area is 148 Å². The SMILES string of the molecule is NC(=O)c1c(NC(=O)Nc2ccc(Cl)cc2)sc2c1CCCNC2. The molecule has 0 bridgehead atoms. The average Bonchev–Trinajstić information content (AvgIpc) is 2.71. The summed E-state index contributed by atoms with van der Waals surface area (Å²) in [5.74, 6) is -0.517. The van der Waals surface area contributed by atoms with Gasteiger partial charge in [-0.1, -0.05) is 11.6 Å². The number of carbonyl (C=O) groups is 2. The van der Waals surface area contributed by atoms with Crippen molar-refractivity contribution in [1.82, 2.24) is 5.32 Å². The van der Waals surface area contributed by atoms with E-state index in [1.807, 2.05) is 0 Å². The highest BCUT2D eigenvalue weighted by molar-refractivity contribution is 7.17. The second-order valence-corrected chi connectivity index (χ2v) is 6.98. The van der Waals surface area contributed by atoms with Crippen LogP contribution in [0.25, 0.3) is 0 Å². The zero-order valence-corrected chi connectivity index (χ0v) is 14.4. The van der Waals surface area contributed by atoms with Gasteiger partial charge < -0.3 is 16.4 Å². The average molecular weight is 365 g/mol. The summed E-state index contributed by atoms with van der Waals surface area (Å²) >= 11 is 7.21. The lowest BCUT2D eigenvalue weighted by atomic mass is 10.1. The molecule has 1 aliphatic rings. The third-order valence-electron chi connectivity index (χ3n) is 3.73. The molecule has 126 valence electrons. The van der Waals surface area contributed by atoms with E-state index in [4.69, 9.17) is 17.3 Å². The number of benzene rings is 1. The van der Waals surface area contributed by atoms with Crippen LogP contribution < -0.4 is 21.7 Å². The van der Waals surface area contributed by atoms with Gasteiger partial charge in [0.2, 0.25) is 0 Å². The maximum atomic E-state index is 12.2. The smallest absolute Gasteiger partial charge is 0.324 e. The highest BCUT2D eigenvalue weighted by Crippen LogP contribution is 2.35. The van der Waals surface area contributed by atoms with E-state index in [0.29, 0.717) is 27.8 Å². The van der Waals surface area contributed by atoms with Crippen LogP contribution in [0.4, 0.5) is 15.5 Å². The van der Waals surface area contributed by atoms with E-state index in [-0.39, 0.29) is 0 Å². The Bertz CT molecular complexity index is 773. The van der Waals surface area contributed by atoms with Crippen molar-refractivity contribution in [3.8, 4) is 0 Å². The molecule has 0 atom stereocenters. The second kappa shape index (κ2) is 7.21. The van der Waals surface area contributed by atoms with Crippen molar-refractivity contribution in [1.29, 1.82) is 0 Å². The summed E-state index contributed by atoms with van der Waals surface area (Å²) in [6, 6.07) is 6.34. The normalized spacial score (nSPS) is 13.7. The fraction of sp³-hybridized carbons (Fsp3) is 0.250. The molecule has 0 fully saturated rings. The van der Waals surface area contributed by atoms with Crippen molar-refractivity contribution >= 4 is 45.6 Å². The number of hydrogen-bond acceptors (Lipinski definition) is 4. The van der Waals surface area contributed by atoms with Crippen LogP contribution in [0.5, 0.6) is 0 Å². The van der Waals surface area contributed by atoms with Crippen molar-refractivity contribution < 1.29 is 9.59 Å². The Hall–Kier alpha value is -2.09. The van der Waals surface area contributed by atoms with E-state index in [1.54, 1.807) is 24.3 Å². The van der Waals surface area contributed by atoms with Crippen molar-refractivity contribution in [2.45, 2.75) is 19.4 Å². The number of rotatable bonds is 3. The van der Waals surface area contributed by atoms with Crippen LogP contribution in [0.2, 0.25) is 5.02 Å². The number of anilines is 2. The highest BCUT2D eigenvalue weighted by atomic mass is 35.5. The molecule has 1 aromatic heterocycles. The van der Waals surface area contributed by atoms with Crippen molar-refractivity contribution in [3.63, 3.8) is 0 Å². The molecule has 8 heteroatoms. The monoisotopic (exact) mass is 364 g/mol. The van der Waals surface area contributed by atoms with Crippen molar-refractivity contribution in [3.05, 3.63) is 45.3 Å². The van der Waals surface area contributed by atoms with Gasteiger partial charge in [-0.3, -0.25) is 10.1 Å². The molecule has 0 spiro atoms. The van der Waals surface area contributed by atoms with Gasteiger partial charge in [0, 0.05) is 22.1 Å². The Morgan fingerprint density at radius 1 is 1.21 bits per heavy atom. The van der Waals surface area contributed by atoms with E-state index in [2.05, 4.69) is 16.0 Å². The maximum absolute atomic E-state index is 12.2. The molecule has 1 aliphatic heterocycles. The van der Waals surface area contributed by atoms with Crippen LogP contribution >= 0.6 is 22.9 Å². The van der Waals surface area contributed by atoms with Gasteiger partial charge >= 0.3 is 6.03 Å². The summed E-state index contributed by atoms with van der Waals surface area (Å²) in [4.78, 5) is 25.1. The topological polar surface area (TPSA) is 96.2 Å². The third kappa shape index (κ3) is 3.69. The minimum atomic E-state index is -0.517. The summed E-state index contributed by atoms with van der Waals surface area (Å²) in [7, 11) is 0. The molecule has 6 nitrogen and oxygen atoms in total. The van der Waals surface area contributed by atoms with E-state index in [1.165, 1.54) is 11.3 Å². The summed E-state index contributed by atoms with van der Waals surface area (Å²) in [6.07, 6.45) is 1.71. The number of nitrogens with two attached hydrogens (primary N) is 1. The largest absolute Gasteiger partial charge is 0.365 e. The lowest BCUT2D eigenvalue weighted by Crippen LogP contribution is -2.22. The van der Waals surface area contributed by atoms with E-state index in [0.717, 1.165) is 29.8 Å². The molecule has 3 amide bonds. The molecule has 2 heterocycles. The minimum absolute atomic E-state index is 0.421. The number of amides is 3. The number of thiophene rings is 1. The molecular weight excluding hydrogens is 348 g/mol. The van der Waals surface area contributed by atoms with E-state index in [9.17, 15) is 9.59 Å². The number of halogens is 1. The van der Waals surface area contributed by atoms with Crippen molar-refractivity contribution in [2.75, 3.05) is 17.2 Å². The lowest BCUT2D eigenvalue weighted by Gasteiger charge is -2.08. The van der Waals surface area contributed by atoms with Gasteiger partial charge in [0.1, 0.15) is 5.00 Å². The molecule has 0 unspecified atom stereocenters. The molecule has 0 radical (unpaired) electrons. The van der Waals surface area contributed by atoms with Crippen LogP contribution in [0.1, 0.15) is 27.2 Å². The highest BCUT2D eigenvalue weighted by Gasteiger charge is 2.24. The number of carbonyl (C=O) groups excluding carboxylic acids is 2. The van der Waals surface area contributed by atoms with Gasteiger partial charge in [-0.2, -0.15) is 0 Å². The van der Waals surface area contributed by atoms with Crippen molar-refractivity contribution in [2.24, 2.45) is 5.73 Å². The van der Waals surface area contributed by atoms with Crippen LogP contribution in [0, 0.1) is 0 Å². The quantitative estimate of drug-likeness (QED) is 0.673. The minimum Gasteiger partial charge on any atom is -0.365 e. The Morgan fingerprint density at radius 3 is 2.67 bits per heavy atom. The first-order chi connectivity index (χ1) is 11.5. The summed E-state index contributed by atoms with van der Waals surface area (Å²) < 4.78 is 0. The first-order valence-corrected chi connectivity index (χ1v) is 8.72. The first kappa shape index (κ1) is 16.8. The standard InChI is InChI=1S/C16H17ClN4O2S/c17-9-3-5-10(6-4-9)20-16(23)21-15-13(14(18)22)11-2-1-7-19-8-12(11)24-15/h3-6,19H,1-2,7-8H2,(H2,18,22)(H2,20,21,23). The molecule has 0 saturated heterocycles. The van der Waals surface area contributed by atoms with E-state index >= 15 is 0 Å². The van der Waals surface area contributed by atoms with Gasteiger partial charge in [-0.25, -0.2) is 4.79 Å². The zero-order valence-electron chi connectivity index (χ0n) is 12.8. The van der Waals surface area contributed by atoms with Gasteiger partial charge in [0.15, 0.2) is 0 Å². The fourth-order valence-corrected chi connectivity index (χ4v) is 4.00. The number of primary amides is 1. The summed E-state index contributed by atoms with van der Waals surface area (Å²) in [5.41, 5.74) is 7.51. The molecular formula is C16H17ClN4O2S. The van der Waals surface area contributed by atoms with Crippen LogP contribution in [0.3, 0.4) is 0 Å². The fourth-order valence-electron chi connectivity index (χ4n) is 2.66. The predicted molar refractivity (Wildman–Crippen MR) is 97.0 cm³/mol. The molecule has 3 rings (SSSR count). The summed E-state index contributed by atoms with van der Waals surface area (Å²) in [5, 5.41) is 9.82.